The van der Waals surface area contributed by atoms with Crippen molar-refractivity contribution in [2.75, 3.05) is 6.26 Å². The largest absolute Gasteiger partial charge is 0.423 e. The summed E-state index contributed by atoms with van der Waals surface area (Å²) in [7, 11) is -3.37. The van der Waals surface area contributed by atoms with Gasteiger partial charge in [-0.25, -0.2) is 13.2 Å². The van der Waals surface area contributed by atoms with Gasteiger partial charge in [-0.3, -0.25) is 0 Å². The van der Waals surface area contributed by atoms with Gasteiger partial charge < -0.3 is 4.74 Å². The van der Waals surface area contributed by atoms with E-state index in [9.17, 15) is 13.2 Å². The predicted molar refractivity (Wildman–Crippen MR) is 80.7 cm³/mol. The normalized spacial score (nSPS) is 11.2. The zero-order chi connectivity index (χ0) is 15.6. The Kier molecular flexibility index (Phi) is 4.34. The molecule has 0 atom stereocenters. The zero-order valence-electron chi connectivity index (χ0n) is 11.5. The summed E-state index contributed by atoms with van der Waals surface area (Å²) in [5.74, 6) is -0.236. The molecule has 0 aromatic heterocycles. The number of carbonyl (C=O) groups is 1. The van der Waals surface area contributed by atoms with E-state index in [-0.39, 0.29) is 10.5 Å². The van der Waals surface area contributed by atoms with Crippen LogP contribution in [0.25, 0.3) is 0 Å². The second-order valence-corrected chi connectivity index (χ2v) is 7.05. The number of ether oxygens (including phenoxy) is 1. The van der Waals surface area contributed by atoms with Crippen LogP contribution >= 0.6 is 11.6 Å². The van der Waals surface area contributed by atoms with Crippen LogP contribution in [-0.2, 0) is 9.84 Å². The molecule has 0 N–H and O–H groups in total. The molecule has 0 aliphatic heterocycles. The van der Waals surface area contributed by atoms with Crippen LogP contribution in [0.4, 0.5) is 0 Å². The first kappa shape index (κ1) is 15.5. The highest BCUT2D eigenvalue weighted by Crippen LogP contribution is 2.23. The lowest BCUT2D eigenvalue weighted by Gasteiger charge is -2.08. The van der Waals surface area contributed by atoms with Gasteiger partial charge in [0.2, 0.25) is 0 Å². The first-order valence-corrected chi connectivity index (χ1v) is 8.33. The average Bonchev–Trinajstić information content (AvgIpc) is 2.41. The molecule has 6 heteroatoms. The maximum atomic E-state index is 12.1. The predicted octanol–water partition coefficient (Wildman–Crippen LogP) is 3.27. The second kappa shape index (κ2) is 5.87. The molecule has 0 unspecified atom stereocenters. The summed E-state index contributed by atoms with van der Waals surface area (Å²) in [6.45, 7) is 1.77. The number of benzene rings is 2. The molecule has 110 valence electrons. The molecule has 2 aromatic rings. The molecule has 2 rings (SSSR count). The molecule has 0 fully saturated rings. The molecular formula is C15H13ClO4S. The Hall–Kier alpha value is -1.85. The maximum absolute atomic E-state index is 12.1. The molecule has 0 bridgehead atoms. The molecule has 2 aromatic carbocycles. The topological polar surface area (TPSA) is 60.4 Å². The molecule has 0 heterocycles. The number of hydrogen-bond acceptors (Lipinski definition) is 4. The van der Waals surface area contributed by atoms with Crippen molar-refractivity contribution < 1.29 is 17.9 Å². The third-order valence-corrected chi connectivity index (χ3v) is 4.18. The van der Waals surface area contributed by atoms with Gasteiger partial charge in [0.05, 0.1) is 10.5 Å². The molecule has 0 amide bonds. The van der Waals surface area contributed by atoms with Crippen LogP contribution in [0, 0.1) is 6.92 Å². The van der Waals surface area contributed by atoms with Crippen LogP contribution in [0.1, 0.15) is 15.9 Å². The third-order valence-electron chi connectivity index (χ3n) is 2.84. The summed E-state index contributed by atoms with van der Waals surface area (Å²) in [6, 6.07) is 10.6. The van der Waals surface area contributed by atoms with Gasteiger partial charge in [-0.15, -0.1) is 0 Å². The minimum Gasteiger partial charge on any atom is -0.423 e. The minimum absolute atomic E-state index is 0.0739. The summed E-state index contributed by atoms with van der Waals surface area (Å²) < 4.78 is 28.2. The highest BCUT2D eigenvalue weighted by atomic mass is 35.5. The minimum atomic E-state index is -3.37. The van der Waals surface area contributed by atoms with Gasteiger partial charge >= 0.3 is 5.97 Å². The Bertz CT molecular complexity index is 797. The van der Waals surface area contributed by atoms with E-state index in [1.54, 1.807) is 25.1 Å². The second-order valence-electron chi connectivity index (χ2n) is 4.60. The van der Waals surface area contributed by atoms with Crippen LogP contribution in [0.15, 0.2) is 47.4 Å². The van der Waals surface area contributed by atoms with Crippen molar-refractivity contribution in [2.24, 2.45) is 0 Å². The molecule has 0 radical (unpaired) electrons. The highest BCUT2D eigenvalue weighted by molar-refractivity contribution is 7.90. The molecule has 4 nitrogen and oxygen atoms in total. The van der Waals surface area contributed by atoms with E-state index in [1.807, 2.05) is 0 Å². The van der Waals surface area contributed by atoms with Crippen LogP contribution in [0.5, 0.6) is 5.75 Å². The quantitative estimate of drug-likeness (QED) is 0.642. The van der Waals surface area contributed by atoms with E-state index in [0.717, 1.165) is 11.8 Å². The first-order chi connectivity index (χ1) is 9.77. The number of rotatable bonds is 3. The van der Waals surface area contributed by atoms with Crippen molar-refractivity contribution in [3.8, 4) is 5.75 Å². The van der Waals surface area contributed by atoms with Crippen LogP contribution in [-0.4, -0.2) is 20.6 Å². The molecule has 0 saturated heterocycles. The van der Waals surface area contributed by atoms with E-state index in [2.05, 4.69) is 0 Å². The van der Waals surface area contributed by atoms with Crippen LogP contribution in [0.2, 0.25) is 5.02 Å². The van der Waals surface area contributed by atoms with Gasteiger partial charge in [0, 0.05) is 11.3 Å². The van der Waals surface area contributed by atoms with Crippen molar-refractivity contribution in [1.29, 1.82) is 0 Å². The molecule has 0 aliphatic carbocycles. The SMILES string of the molecule is Cc1cc(Cl)ccc1OC(=O)c1cccc(S(C)(=O)=O)c1. The molecular weight excluding hydrogens is 312 g/mol. The van der Waals surface area contributed by atoms with Crippen molar-refractivity contribution >= 4 is 27.4 Å². The summed E-state index contributed by atoms with van der Waals surface area (Å²) in [6.07, 6.45) is 1.08. The summed E-state index contributed by atoms with van der Waals surface area (Å²) in [5.41, 5.74) is 0.891. The van der Waals surface area contributed by atoms with Gasteiger partial charge in [-0.1, -0.05) is 17.7 Å². The number of carbonyl (C=O) groups excluding carboxylic acids is 1. The lowest BCUT2D eigenvalue weighted by Crippen LogP contribution is -2.10. The maximum Gasteiger partial charge on any atom is 0.343 e. The number of esters is 1. The Balaban J connectivity index is 2.29. The van der Waals surface area contributed by atoms with Crippen LogP contribution < -0.4 is 4.74 Å². The van der Waals surface area contributed by atoms with E-state index in [4.69, 9.17) is 16.3 Å². The molecule has 21 heavy (non-hydrogen) atoms. The Morgan fingerprint density at radius 3 is 2.48 bits per heavy atom. The standard InChI is InChI=1S/C15H13ClO4S/c1-10-8-12(16)6-7-14(10)20-15(17)11-4-3-5-13(9-11)21(2,18)19/h3-9H,1-2H3. The van der Waals surface area contributed by atoms with E-state index < -0.39 is 15.8 Å². The van der Waals surface area contributed by atoms with Gasteiger partial charge in [0.1, 0.15) is 5.75 Å². The van der Waals surface area contributed by atoms with Gasteiger partial charge in [0.15, 0.2) is 9.84 Å². The third kappa shape index (κ3) is 3.83. The summed E-state index contributed by atoms with van der Waals surface area (Å²) in [4.78, 5) is 12.2. The number of hydrogen-bond donors (Lipinski definition) is 0. The van der Waals surface area contributed by atoms with Gasteiger partial charge in [-0.2, -0.15) is 0 Å². The molecule has 0 spiro atoms. The fourth-order valence-electron chi connectivity index (χ4n) is 1.74. The Labute approximate surface area is 128 Å². The summed E-state index contributed by atoms with van der Waals surface area (Å²) in [5, 5.41) is 0.548. The molecule has 0 saturated carbocycles. The average molecular weight is 325 g/mol. The van der Waals surface area contributed by atoms with Gasteiger partial charge in [-0.05, 0) is 48.9 Å². The number of halogens is 1. The lowest BCUT2D eigenvalue weighted by atomic mass is 10.2. The van der Waals surface area contributed by atoms with Crippen molar-refractivity contribution in [3.05, 3.63) is 58.6 Å². The van der Waals surface area contributed by atoms with Gasteiger partial charge in [0.25, 0.3) is 0 Å². The van der Waals surface area contributed by atoms with E-state index in [1.165, 1.54) is 24.3 Å². The van der Waals surface area contributed by atoms with Crippen LogP contribution in [0.3, 0.4) is 0 Å². The van der Waals surface area contributed by atoms with Crippen molar-refractivity contribution in [1.82, 2.24) is 0 Å². The molecule has 0 aliphatic rings. The fraction of sp³-hybridized carbons (Fsp3) is 0.133. The van der Waals surface area contributed by atoms with E-state index in [0.29, 0.717) is 10.8 Å². The Morgan fingerprint density at radius 2 is 1.86 bits per heavy atom. The highest BCUT2D eigenvalue weighted by Gasteiger charge is 2.14. The number of sulfone groups is 1. The summed E-state index contributed by atoms with van der Waals surface area (Å²) >= 11 is 5.83. The lowest BCUT2D eigenvalue weighted by molar-refractivity contribution is 0.0733. The van der Waals surface area contributed by atoms with Crippen molar-refractivity contribution in [3.63, 3.8) is 0 Å². The Morgan fingerprint density at radius 1 is 1.14 bits per heavy atom. The first-order valence-electron chi connectivity index (χ1n) is 6.06. The zero-order valence-corrected chi connectivity index (χ0v) is 13.0. The van der Waals surface area contributed by atoms with Crippen molar-refractivity contribution in [2.45, 2.75) is 11.8 Å². The van der Waals surface area contributed by atoms with E-state index >= 15 is 0 Å². The fourth-order valence-corrected chi connectivity index (χ4v) is 2.63. The monoisotopic (exact) mass is 324 g/mol. The number of aryl methyl sites for hydroxylation is 1. The smallest absolute Gasteiger partial charge is 0.343 e.